The van der Waals surface area contributed by atoms with E-state index in [4.69, 9.17) is 0 Å². The molecular weight excluding hydrogens is 369 g/mol. The number of rotatable bonds is 5. The molecule has 2 atom stereocenters. The second-order valence-electron chi connectivity index (χ2n) is 8.66. The molecule has 1 aromatic rings. The standard InChI is InChI=1S/C21H29F3N2O2/c1-5-9-25-19(28)17-13-26(18(27)11-20(2,3)4)12-16(17)14-7-6-8-15(10-14)21(22,23)24/h6-8,10,16-17H,5,9,11-13H2,1-4H3,(H,25,28). The highest BCUT2D eigenvalue weighted by Crippen LogP contribution is 2.37. The van der Waals surface area contributed by atoms with Crippen LogP contribution in [0.4, 0.5) is 13.2 Å². The predicted molar refractivity (Wildman–Crippen MR) is 102 cm³/mol. The van der Waals surface area contributed by atoms with Crippen LogP contribution in [0.5, 0.6) is 0 Å². The number of hydrogen-bond donors (Lipinski definition) is 1. The van der Waals surface area contributed by atoms with Gasteiger partial charge in [-0.1, -0.05) is 45.9 Å². The van der Waals surface area contributed by atoms with Crippen molar-refractivity contribution in [1.82, 2.24) is 10.2 Å². The predicted octanol–water partition coefficient (Wildman–Crippen LogP) is 4.21. The minimum absolute atomic E-state index is 0.0738. The average Bonchev–Trinajstić information content (AvgIpc) is 3.03. The Kier molecular flexibility index (Phi) is 6.78. The normalized spacial score (nSPS) is 20.3. The number of alkyl halides is 3. The molecule has 0 spiro atoms. The van der Waals surface area contributed by atoms with Crippen LogP contribution in [0.3, 0.4) is 0 Å². The highest BCUT2D eigenvalue weighted by Gasteiger charge is 2.41. The first-order chi connectivity index (χ1) is 12.9. The van der Waals surface area contributed by atoms with E-state index < -0.39 is 23.6 Å². The lowest BCUT2D eigenvalue weighted by Gasteiger charge is -2.23. The lowest BCUT2D eigenvalue weighted by molar-refractivity contribution is -0.137. The summed E-state index contributed by atoms with van der Waals surface area (Å²) < 4.78 is 39.4. The number of nitrogens with one attached hydrogen (secondary N) is 1. The molecule has 1 N–H and O–H groups in total. The Bertz CT molecular complexity index is 710. The summed E-state index contributed by atoms with van der Waals surface area (Å²) in [5, 5.41) is 2.83. The van der Waals surface area contributed by atoms with E-state index in [1.54, 1.807) is 11.0 Å². The molecular formula is C21H29F3N2O2. The highest BCUT2D eigenvalue weighted by atomic mass is 19.4. The van der Waals surface area contributed by atoms with Crippen LogP contribution in [-0.2, 0) is 15.8 Å². The van der Waals surface area contributed by atoms with Crippen LogP contribution in [0.25, 0.3) is 0 Å². The highest BCUT2D eigenvalue weighted by molar-refractivity contribution is 5.83. The lowest BCUT2D eigenvalue weighted by Crippen LogP contribution is -2.36. The van der Waals surface area contributed by atoms with Crippen LogP contribution >= 0.6 is 0 Å². The Morgan fingerprint density at radius 2 is 1.86 bits per heavy atom. The summed E-state index contributed by atoms with van der Waals surface area (Å²) in [4.78, 5) is 26.9. The summed E-state index contributed by atoms with van der Waals surface area (Å²) in [6.45, 7) is 8.77. The summed E-state index contributed by atoms with van der Waals surface area (Å²) in [6, 6.07) is 5.09. The molecule has 2 amide bonds. The second kappa shape index (κ2) is 8.53. The molecule has 0 radical (unpaired) electrons. The zero-order valence-corrected chi connectivity index (χ0v) is 16.9. The number of carbonyl (C=O) groups excluding carboxylic acids is 2. The van der Waals surface area contributed by atoms with Gasteiger partial charge in [0.1, 0.15) is 0 Å². The van der Waals surface area contributed by atoms with Gasteiger partial charge in [0, 0.05) is 32.0 Å². The number of amides is 2. The van der Waals surface area contributed by atoms with Crippen molar-refractivity contribution in [3.63, 3.8) is 0 Å². The molecule has 1 saturated heterocycles. The molecule has 0 saturated carbocycles. The fraction of sp³-hybridized carbons (Fsp3) is 0.619. The SMILES string of the molecule is CCCNC(=O)C1CN(C(=O)CC(C)(C)C)CC1c1cccc(C(F)(F)F)c1. The lowest BCUT2D eigenvalue weighted by atomic mass is 9.87. The number of carbonyl (C=O) groups is 2. The third-order valence-electron chi connectivity index (χ3n) is 4.88. The fourth-order valence-corrected chi connectivity index (χ4v) is 3.50. The molecule has 1 aromatic carbocycles. The van der Waals surface area contributed by atoms with Gasteiger partial charge in [0.2, 0.25) is 11.8 Å². The van der Waals surface area contributed by atoms with Crippen LogP contribution < -0.4 is 5.32 Å². The van der Waals surface area contributed by atoms with Crippen molar-refractivity contribution >= 4 is 11.8 Å². The Balaban J connectivity index is 2.30. The quantitative estimate of drug-likeness (QED) is 0.808. The molecule has 2 rings (SSSR count). The Labute approximate surface area is 164 Å². The van der Waals surface area contributed by atoms with Gasteiger partial charge >= 0.3 is 6.18 Å². The van der Waals surface area contributed by atoms with E-state index in [1.807, 2.05) is 27.7 Å². The van der Waals surface area contributed by atoms with Gasteiger partial charge < -0.3 is 10.2 Å². The maximum absolute atomic E-state index is 13.1. The van der Waals surface area contributed by atoms with Crippen LogP contribution in [0.15, 0.2) is 24.3 Å². The molecule has 0 bridgehead atoms. The fourth-order valence-electron chi connectivity index (χ4n) is 3.50. The third kappa shape index (κ3) is 5.72. The van der Waals surface area contributed by atoms with Crippen LogP contribution in [-0.4, -0.2) is 36.3 Å². The van der Waals surface area contributed by atoms with Gasteiger partial charge in [0.15, 0.2) is 0 Å². The molecule has 1 aliphatic heterocycles. The summed E-state index contributed by atoms with van der Waals surface area (Å²) >= 11 is 0. The first-order valence-corrected chi connectivity index (χ1v) is 9.65. The van der Waals surface area contributed by atoms with Gasteiger partial charge in [-0.25, -0.2) is 0 Å². The monoisotopic (exact) mass is 398 g/mol. The summed E-state index contributed by atoms with van der Waals surface area (Å²) in [5.74, 6) is -1.30. The van der Waals surface area contributed by atoms with E-state index in [1.165, 1.54) is 6.07 Å². The summed E-state index contributed by atoms with van der Waals surface area (Å²) in [5.41, 5.74) is -0.500. The molecule has 1 aliphatic rings. The van der Waals surface area contributed by atoms with Crippen molar-refractivity contribution in [3.8, 4) is 0 Å². The number of benzene rings is 1. The van der Waals surface area contributed by atoms with Gasteiger partial charge in [0.25, 0.3) is 0 Å². The molecule has 1 heterocycles. The van der Waals surface area contributed by atoms with Crippen molar-refractivity contribution in [2.45, 2.75) is 52.6 Å². The van der Waals surface area contributed by atoms with E-state index in [0.29, 0.717) is 18.5 Å². The van der Waals surface area contributed by atoms with Crippen LogP contribution in [0.1, 0.15) is 57.6 Å². The van der Waals surface area contributed by atoms with E-state index in [9.17, 15) is 22.8 Å². The first kappa shape index (κ1) is 22.2. The van der Waals surface area contributed by atoms with E-state index >= 15 is 0 Å². The summed E-state index contributed by atoms with van der Waals surface area (Å²) in [6.07, 6.45) is -3.36. The molecule has 1 fully saturated rings. The molecule has 0 aliphatic carbocycles. The Morgan fingerprint density at radius 1 is 1.18 bits per heavy atom. The van der Waals surface area contributed by atoms with Gasteiger partial charge in [0.05, 0.1) is 11.5 Å². The van der Waals surface area contributed by atoms with Gasteiger partial charge in [-0.2, -0.15) is 13.2 Å². The molecule has 28 heavy (non-hydrogen) atoms. The molecule has 4 nitrogen and oxygen atoms in total. The summed E-state index contributed by atoms with van der Waals surface area (Å²) in [7, 11) is 0. The van der Waals surface area contributed by atoms with Crippen molar-refractivity contribution in [1.29, 1.82) is 0 Å². The largest absolute Gasteiger partial charge is 0.416 e. The second-order valence-corrected chi connectivity index (χ2v) is 8.66. The molecule has 7 heteroatoms. The van der Waals surface area contributed by atoms with Gasteiger partial charge in [-0.15, -0.1) is 0 Å². The zero-order valence-electron chi connectivity index (χ0n) is 16.9. The Hall–Kier alpha value is -2.05. The van der Waals surface area contributed by atoms with Gasteiger partial charge in [-0.05, 0) is 23.5 Å². The average molecular weight is 398 g/mol. The number of nitrogens with zero attached hydrogens (tertiary/aromatic N) is 1. The van der Waals surface area contributed by atoms with Crippen molar-refractivity contribution in [2.24, 2.45) is 11.3 Å². The first-order valence-electron chi connectivity index (χ1n) is 9.65. The third-order valence-corrected chi connectivity index (χ3v) is 4.88. The smallest absolute Gasteiger partial charge is 0.356 e. The number of halogens is 3. The van der Waals surface area contributed by atoms with Crippen LogP contribution in [0.2, 0.25) is 0 Å². The molecule has 156 valence electrons. The van der Waals surface area contributed by atoms with Crippen LogP contribution in [0, 0.1) is 11.3 Å². The zero-order chi connectivity index (χ0) is 21.1. The van der Waals surface area contributed by atoms with E-state index in [2.05, 4.69) is 5.32 Å². The van der Waals surface area contributed by atoms with E-state index in [-0.39, 0.29) is 30.3 Å². The van der Waals surface area contributed by atoms with Gasteiger partial charge in [-0.3, -0.25) is 9.59 Å². The topological polar surface area (TPSA) is 49.4 Å². The number of hydrogen-bond acceptors (Lipinski definition) is 2. The minimum Gasteiger partial charge on any atom is -0.356 e. The van der Waals surface area contributed by atoms with Crippen molar-refractivity contribution in [2.75, 3.05) is 19.6 Å². The van der Waals surface area contributed by atoms with Crippen molar-refractivity contribution < 1.29 is 22.8 Å². The van der Waals surface area contributed by atoms with Crippen molar-refractivity contribution in [3.05, 3.63) is 35.4 Å². The minimum atomic E-state index is -4.45. The molecule has 2 unspecified atom stereocenters. The molecule has 0 aromatic heterocycles. The van der Waals surface area contributed by atoms with E-state index in [0.717, 1.165) is 18.6 Å². The maximum Gasteiger partial charge on any atom is 0.416 e. The number of likely N-dealkylation sites (tertiary alicyclic amines) is 1. The Morgan fingerprint density at radius 3 is 2.43 bits per heavy atom. The maximum atomic E-state index is 13.1.